The van der Waals surface area contributed by atoms with Crippen molar-refractivity contribution in [3.8, 4) is 0 Å². The van der Waals surface area contributed by atoms with Gasteiger partial charge in [0.15, 0.2) is 0 Å². The summed E-state index contributed by atoms with van der Waals surface area (Å²) < 4.78 is 0.527. The molecule has 0 unspecified atom stereocenters. The third-order valence-electron chi connectivity index (χ3n) is 2.65. The number of carbonyl (C=O) groups excluding carboxylic acids is 1. The molecule has 1 N–H and O–H groups in total. The van der Waals surface area contributed by atoms with E-state index >= 15 is 0 Å². The van der Waals surface area contributed by atoms with Crippen molar-refractivity contribution < 1.29 is 14.7 Å². The van der Waals surface area contributed by atoms with Crippen LogP contribution in [0.25, 0.3) is 0 Å². The number of hydrogen-bond acceptors (Lipinski definition) is 3. The maximum absolute atomic E-state index is 12.5. The van der Waals surface area contributed by atoms with Gasteiger partial charge < -0.3 is 10.0 Å². The number of rotatable bonds is 5. The van der Waals surface area contributed by atoms with Crippen LogP contribution >= 0.6 is 22.9 Å². The normalized spacial score (nSPS) is 10.2. The van der Waals surface area contributed by atoms with Gasteiger partial charge in [0.2, 0.25) is 0 Å². The number of thiophene rings is 1. The molecule has 1 aromatic heterocycles. The molecule has 0 atom stereocenters. The molecule has 0 spiro atoms. The Hall–Kier alpha value is -1.85. The van der Waals surface area contributed by atoms with Gasteiger partial charge in [-0.25, -0.2) is 0 Å². The van der Waals surface area contributed by atoms with Crippen molar-refractivity contribution in [2.24, 2.45) is 0 Å². The van der Waals surface area contributed by atoms with Gasteiger partial charge in [-0.3, -0.25) is 9.59 Å². The summed E-state index contributed by atoms with van der Waals surface area (Å²) in [4.78, 5) is 25.1. The van der Waals surface area contributed by atoms with E-state index in [1.54, 1.807) is 36.4 Å². The summed E-state index contributed by atoms with van der Waals surface area (Å²) in [5.74, 6) is -1.18. The lowest BCUT2D eigenvalue weighted by molar-refractivity contribution is -0.136. The highest BCUT2D eigenvalue weighted by molar-refractivity contribution is 7.18. The summed E-state index contributed by atoms with van der Waals surface area (Å²) in [7, 11) is 0. The van der Waals surface area contributed by atoms with Crippen molar-refractivity contribution in [3.05, 3.63) is 51.7 Å². The van der Waals surface area contributed by atoms with Crippen LogP contribution in [0, 0.1) is 0 Å². The molecule has 0 radical (unpaired) electrons. The quantitative estimate of drug-likeness (QED) is 0.919. The lowest BCUT2D eigenvalue weighted by Gasteiger charge is -2.21. The van der Waals surface area contributed by atoms with E-state index in [0.717, 1.165) is 0 Å². The molecule has 2 aromatic rings. The highest BCUT2D eigenvalue weighted by atomic mass is 35.5. The van der Waals surface area contributed by atoms with Crippen LogP contribution in [0.3, 0.4) is 0 Å². The molecule has 4 nitrogen and oxygen atoms in total. The molecule has 2 rings (SSSR count). The minimum atomic E-state index is -0.942. The first-order valence-electron chi connectivity index (χ1n) is 5.92. The molecule has 0 aliphatic rings. The fourth-order valence-corrected chi connectivity index (χ4v) is 2.72. The van der Waals surface area contributed by atoms with Crippen molar-refractivity contribution in [1.29, 1.82) is 0 Å². The third-order valence-corrected chi connectivity index (χ3v) is 3.87. The predicted molar refractivity (Wildman–Crippen MR) is 79.7 cm³/mol. The Bertz CT molecular complexity index is 612. The fraction of sp³-hybridized carbons (Fsp3) is 0.143. The molecule has 20 heavy (non-hydrogen) atoms. The second-order valence-corrected chi connectivity index (χ2v) is 5.75. The Morgan fingerprint density at radius 1 is 1.15 bits per heavy atom. The summed E-state index contributed by atoms with van der Waals surface area (Å²) in [5, 5.41) is 8.81. The molecular formula is C14H12ClNO3S. The van der Waals surface area contributed by atoms with E-state index in [1.807, 2.05) is 6.07 Å². The van der Waals surface area contributed by atoms with Gasteiger partial charge in [-0.05, 0) is 24.3 Å². The highest BCUT2D eigenvalue weighted by Gasteiger charge is 2.20. The average Bonchev–Trinajstić information content (AvgIpc) is 2.86. The van der Waals surface area contributed by atoms with E-state index in [2.05, 4.69) is 0 Å². The minimum absolute atomic E-state index is 0.111. The Morgan fingerprint density at radius 3 is 2.40 bits per heavy atom. The Morgan fingerprint density at radius 2 is 1.85 bits per heavy atom. The molecule has 1 amide bonds. The first kappa shape index (κ1) is 14.6. The molecule has 0 aliphatic carbocycles. The van der Waals surface area contributed by atoms with Gasteiger partial charge in [0.25, 0.3) is 5.91 Å². The molecule has 1 aromatic carbocycles. The van der Waals surface area contributed by atoms with E-state index in [-0.39, 0.29) is 18.9 Å². The summed E-state index contributed by atoms with van der Waals surface area (Å²) >= 11 is 7.02. The monoisotopic (exact) mass is 309 g/mol. The van der Waals surface area contributed by atoms with E-state index in [4.69, 9.17) is 16.7 Å². The average molecular weight is 310 g/mol. The lowest BCUT2D eigenvalue weighted by Crippen LogP contribution is -2.32. The SMILES string of the molecule is O=C(O)CCN(C(=O)c1ccc(Cl)s1)c1ccccc1. The number of nitrogens with zero attached hydrogens (tertiary/aromatic N) is 1. The Labute approximate surface area is 125 Å². The number of anilines is 1. The van der Waals surface area contributed by atoms with Gasteiger partial charge in [-0.2, -0.15) is 0 Å². The van der Waals surface area contributed by atoms with Gasteiger partial charge in [0.1, 0.15) is 0 Å². The van der Waals surface area contributed by atoms with Gasteiger partial charge >= 0.3 is 5.97 Å². The Balaban J connectivity index is 2.26. The minimum Gasteiger partial charge on any atom is -0.481 e. The number of amides is 1. The molecule has 0 saturated heterocycles. The van der Waals surface area contributed by atoms with E-state index in [9.17, 15) is 9.59 Å². The highest BCUT2D eigenvalue weighted by Crippen LogP contribution is 2.25. The van der Waals surface area contributed by atoms with Gasteiger partial charge in [-0.1, -0.05) is 29.8 Å². The molecule has 0 aliphatic heterocycles. The van der Waals surface area contributed by atoms with Crippen LogP contribution in [0.1, 0.15) is 16.1 Å². The maximum Gasteiger partial charge on any atom is 0.305 e. The van der Waals surface area contributed by atoms with Crippen LogP contribution in [-0.2, 0) is 4.79 Å². The van der Waals surface area contributed by atoms with E-state index in [1.165, 1.54) is 16.2 Å². The van der Waals surface area contributed by atoms with Gasteiger partial charge in [0.05, 0.1) is 15.6 Å². The number of aliphatic carboxylic acids is 1. The molecule has 6 heteroatoms. The van der Waals surface area contributed by atoms with Crippen LogP contribution in [0.2, 0.25) is 4.34 Å². The number of benzene rings is 1. The van der Waals surface area contributed by atoms with Crippen molar-refractivity contribution >= 4 is 40.5 Å². The predicted octanol–water partition coefficient (Wildman–Crippen LogP) is 3.52. The molecule has 0 fully saturated rings. The number of carboxylic acids is 1. The zero-order chi connectivity index (χ0) is 14.5. The van der Waals surface area contributed by atoms with Crippen molar-refractivity contribution in [3.63, 3.8) is 0 Å². The number of para-hydroxylation sites is 1. The molecule has 1 heterocycles. The standard InChI is InChI=1S/C14H12ClNO3S/c15-12-7-6-11(20-12)14(19)16(9-8-13(17)18)10-4-2-1-3-5-10/h1-7H,8-9H2,(H,17,18). The van der Waals surface area contributed by atoms with Crippen molar-refractivity contribution in [2.45, 2.75) is 6.42 Å². The fourth-order valence-electron chi connectivity index (χ4n) is 1.73. The topological polar surface area (TPSA) is 57.6 Å². The van der Waals surface area contributed by atoms with Crippen LogP contribution in [0.15, 0.2) is 42.5 Å². The summed E-state index contributed by atoms with van der Waals surface area (Å²) in [6.07, 6.45) is -0.111. The van der Waals surface area contributed by atoms with Crippen LogP contribution < -0.4 is 4.90 Å². The van der Waals surface area contributed by atoms with E-state index < -0.39 is 5.97 Å². The number of hydrogen-bond donors (Lipinski definition) is 1. The first-order valence-corrected chi connectivity index (χ1v) is 7.11. The first-order chi connectivity index (χ1) is 9.58. The summed E-state index contributed by atoms with van der Waals surface area (Å²) in [6, 6.07) is 12.3. The Kier molecular flexibility index (Phi) is 4.76. The zero-order valence-corrected chi connectivity index (χ0v) is 12.0. The second kappa shape index (κ2) is 6.54. The van der Waals surface area contributed by atoms with Crippen LogP contribution in [-0.4, -0.2) is 23.5 Å². The number of carboxylic acid groups (broad SMARTS) is 1. The molecule has 104 valence electrons. The smallest absolute Gasteiger partial charge is 0.305 e. The lowest BCUT2D eigenvalue weighted by atomic mass is 10.2. The maximum atomic E-state index is 12.5. The number of carbonyl (C=O) groups is 2. The largest absolute Gasteiger partial charge is 0.481 e. The molecular weight excluding hydrogens is 298 g/mol. The molecule has 0 bridgehead atoms. The summed E-state index contributed by atoms with van der Waals surface area (Å²) in [6.45, 7) is 0.119. The molecule has 0 saturated carbocycles. The van der Waals surface area contributed by atoms with Crippen LogP contribution in [0.4, 0.5) is 5.69 Å². The summed E-state index contributed by atoms with van der Waals surface area (Å²) in [5.41, 5.74) is 0.670. The third kappa shape index (κ3) is 3.59. The van der Waals surface area contributed by atoms with Crippen molar-refractivity contribution in [2.75, 3.05) is 11.4 Å². The van der Waals surface area contributed by atoms with Crippen LogP contribution in [0.5, 0.6) is 0 Å². The second-order valence-electron chi connectivity index (χ2n) is 4.04. The zero-order valence-electron chi connectivity index (χ0n) is 10.5. The van der Waals surface area contributed by atoms with Gasteiger partial charge in [0, 0.05) is 12.2 Å². The number of halogens is 1. The van der Waals surface area contributed by atoms with Crippen molar-refractivity contribution in [1.82, 2.24) is 0 Å². The van der Waals surface area contributed by atoms with Gasteiger partial charge in [-0.15, -0.1) is 11.3 Å². The van der Waals surface area contributed by atoms with E-state index in [0.29, 0.717) is 14.9 Å².